The van der Waals surface area contributed by atoms with Crippen molar-refractivity contribution in [3.8, 4) is 23.5 Å². The maximum atomic E-state index is 10.1. The SMILES string of the molecule is N#COc1ccccc1Oc1ccc(N=C=O)cc1. The van der Waals surface area contributed by atoms with Gasteiger partial charge in [-0.15, -0.1) is 5.26 Å². The standard InChI is InChI=1S/C14H8N2O3/c15-9-18-13-3-1-2-4-14(13)19-12-7-5-11(6-8-12)16-10-17/h1-8H. The van der Waals surface area contributed by atoms with Crippen molar-refractivity contribution < 1.29 is 14.3 Å². The van der Waals surface area contributed by atoms with Crippen molar-refractivity contribution in [3.63, 3.8) is 0 Å². The topological polar surface area (TPSA) is 71.7 Å². The molecular formula is C14H8N2O3. The zero-order valence-electron chi connectivity index (χ0n) is 9.74. The Morgan fingerprint density at radius 2 is 1.68 bits per heavy atom. The summed E-state index contributed by atoms with van der Waals surface area (Å²) in [6.45, 7) is 0. The second-order valence-corrected chi connectivity index (χ2v) is 3.44. The summed E-state index contributed by atoms with van der Waals surface area (Å²) in [5.74, 6) is 1.30. The first-order valence-corrected chi connectivity index (χ1v) is 5.34. The molecule has 2 aromatic rings. The van der Waals surface area contributed by atoms with Gasteiger partial charge in [-0.25, -0.2) is 4.79 Å². The van der Waals surface area contributed by atoms with Crippen LogP contribution < -0.4 is 9.47 Å². The summed E-state index contributed by atoms with van der Waals surface area (Å²) in [7, 11) is 0. The van der Waals surface area contributed by atoms with Gasteiger partial charge in [-0.05, 0) is 36.4 Å². The van der Waals surface area contributed by atoms with Crippen LogP contribution in [0.1, 0.15) is 0 Å². The minimum absolute atomic E-state index is 0.333. The molecule has 2 rings (SSSR count). The van der Waals surface area contributed by atoms with Gasteiger partial charge in [0.1, 0.15) is 5.75 Å². The minimum atomic E-state index is 0.333. The molecule has 0 N–H and O–H groups in total. The fraction of sp³-hybridized carbons (Fsp3) is 0. The molecule has 0 spiro atoms. The predicted molar refractivity (Wildman–Crippen MR) is 67.0 cm³/mol. The zero-order valence-corrected chi connectivity index (χ0v) is 9.74. The maximum absolute atomic E-state index is 10.1. The van der Waals surface area contributed by atoms with Crippen molar-refractivity contribution >= 4 is 11.8 Å². The van der Waals surface area contributed by atoms with E-state index in [4.69, 9.17) is 14.7 Å². The van der Waals surface area contributed by atoms with Crippen molar-refractivity contribution in [2.45, 2.75) is 0 Å². The number of ether oxygens (including phenoxy) is 2. The summed E-state index contributed by atoms with van der Waals surface area (Å²) < 4.78 is 10.4. The largest absolute Gasteiger partial charge is 0.453 e. The van der Waals surface area contributed by atoms with E-state index in [1.807, 2.05) is 0 Å². The van der Waals surface area contributed by atoms with Crippen LogP contribution in [0.2, 0.25) is 0 Å². The Balaban J connectivity index is 2.21. The van der Waals surface area contributed by atoms with E-state index >= 15 is 0 Å². The van der Waals surface area contributed by atoms with Gasteiger partial charge in [-0.2, -0.15) is 4.99 Å². The van der Waals surface area contributed by atoms with Gasteiger partial charge >= 0.3 is 0 Å². The smallest absolute Gasteiger partial charge is 0.292 e. The van der Waals surface area contributed by atoms with E-state index in [1.54, 1.807) is 54.8 Å². The molecule has 19 heavy (non-hydrogen) atoms. The first-order chi connectivity index (χ1) is 9.33. The van der Waals surface area contributed by atoms with Crippen LogP contribution in [0.4, 0.5) is 5.69 Å². The highest BCUT2D eigenvalue weighted by molar-refractivity contribution is 5.51. The lowest BCUT2D eigenvalue weighted by atomic mass is 10.3. The van der Waals surface area contributed by atoms with Crippen LogP contribution in [-0.2, 0) is 4.79 Å². The quantitative estimate of drug-likeness (QED) is 0.475. The molecule has 0 atom stereocenters. The van der Waals surface area contributed by atoms with Crippen molar-refractivity contribution in [1.82, 2.24) is 0 Å². The molecule has 0 radical (unpaired) electrons. The summed E-state index contributed by atoms with van der Waals surface area (Å²) >= 11 is 0. The number of carbonyl (C=O) groups excluding carboxylic acids is 1. The molecule has 0 fully saturated rings. The van der Waals surface area contributed by atoms with Gasteiger partial charge in [-0.3, -0.25) is 0 Å². The van der Waals surface area contributed by atoms with Gasteiger partial charge in [0, 0.05) is 0 Å². The van der Waals surface area contributed by atoms with Gasteiger partial charge < -0.3 is 9.47 Å². The molecular weight excluding hydrogens is 244 g/mol. The Labute approximate surface area is 109 Å². The van der Waals surface area contributed by atoms with Gasteiger partial charge in [-0.1, -0.05) is 12.1 Å². The number of aliphatic imine (C=N–C) groups is 1. The fourth-order valence-corrected chi connectivity index (χ4v) is 1.44. The Morgan fingerprint density at radius 3 is 2.32 bits per heavy atom. The highest BCUT2D eigenvalue weighted by Crippen LogP contribution is 2.31. The van der Waals surface area contributed by atoms with Gasteiger partial charge in [0.05, 0.1) is 5.69 Å². The average molecular weight is 252 g/mol. The monoisotopic (exact) mass is 252 g/mol. The van der Waals surface area contributed by atoms with Crippen LogP contribution in [0.15, 0.2) is 53.5 Å². The number of rotatable bonds is 4. The molecule has 0 aliphatic carbocycles. The van der Waals surface area contributed by atoms with Crippen LogP contribution in [0.3, 0.4) is 0 Å². The zero-order chi connectivity index (χ0) is 13.5. The molecule has 0 saturated heterocycles. The Hall–Kier alpha value is -3.09. The second-order valence-electron chi connectivity index (χ2n) is 3.44. The molecule has 0 amide bonds. The van der Waals surface area contributed by atoms with Crippen LogP contribution in [0.5, 0.6) is 17.2 Å². The van der Waals surface area contributed by atoms with Crippen molar-refractivity contribution in [2.24, 2.45) is 4.99 Å². The van der Waals surface area contributed by atoms with Gasteiger partial charge in [0.15, 0.2) is 11.5 Å². The van der Waals surface area contributed by atoms with Crippen LogP contribution in [-0.4, -0.2) is 6.08 Å². The highest BCUT2D eigenvalue weighted by Gasteiger charge is 2.05. The number of para-hydroxylation sites is 2. The van der Waals surface area contributed by atoms with Crippen molar-refractivity contribution in [1.29, 1.82) is 5.26 Å². The predicted octanol–water partition coefficient (Wildman–Crippen LogP) is 3.31. The number of hydrogen-bond donors (Lipinski definition) is 0. The number of benzene rings is 2. The van der Waals surface area contributed by atoms with Crippen molar-refractivity contribution in [3.05, 3.63) is 48.5 Å². The molecule has 0 unspecified atom stereocenters. The number of nitriles is 1. The third-order valence-electron chi connectivity index (χ3n) is 2.24. The molecule has 2 aromatic carbocycles. The molecule has 0 aliphatic heterocycles. The van der Waals surface area contributed by atoms with E-state index in [2.05, 4.69) is 4.99 Å². The fourth-order valence-electron chi connectivity index (χ4n) is 1.44. The van der Waals surface area contributed by atoms with E-state index in [9.17, 15) is 4.79 Å². The van der Waals surface area contributed by atoms with E-state index in [0.29, 0.717) is 22.9 Å². The highest BCUT2D eigenvalue weighted by atomic mass is 16.5. The van der Waals surface area contributed by atoms with Crippen LogP contribution >= 0.6 is 0 Å². The summed E-state index contributed by atoms with van der Waals surface area (Å²) in [6, 6.07) is 13.4. The molecule has 0 saturated carbocycles. The number of hydrogen-bond acceptors (Lipinski definition) is 5. The van der Waals surface area contributed by atoms with E-state index < -0.39 is 0 Å². The summed E-state index contributed by atoms with van der Waals surface area (Å²) in [4.78, 5) is 13.6. The minimum Gasteiger partial charge on any atom is -0.453 e. The molecule has 0 bridgehead atoms. The summed E-state index contributed by atoms with van der Waals surface area (Å²) in [5.41, 5.74) is 0.490. The second kappa shape index (κ2) is 6.01. The molecule has 0 aromatic heterocycles. The van der Waals surface area contributed by atoms with E-state index in [1.165, 1.54) is 6.08 Å². The Kier molecular flexibility index (Phi) is 3.91. The number of nitrogens with zero attached hydrogens (tertiary/aromatic N) is 2. The third kappa shape index (κ3) is 3.19. The first-order valence-electron chi connectivity index (χ1n) is 5.34. The summed E-state index contributed by atoms with van der Waals surface area (Å²) in [6.07, 6.45) is 3.06. The van der Waals surface area contributed by atoms with Crippen molar-refractivity contribution in [2.75, 3.05) is 0 Å². The number of isocyanates is 1. The molecule has 5 nitrogen and oxygen atoms in total. The molecule has 5 heteroatoms. The first kappa shape index (κ1) is 12.4. The maximum Gasteiger partial charge on any atom is 0.292 e. The lowest BCUT2D eigenvalue weighted by Crippen LogP contribution is -1.89. The lowest BCUT2D eigenvalue weighted by Gasteiger charge is -2.08. The van der Waals surface area contributed by atoms with E-state index in [0.717, 1.165) is 0 Å². The Bertz CT molecular complexity index is 653. The van der Waals surface area contributed by atoms with Gasteiger partial charge in [0.25, 0.3) is 6.26 Å². The van der Waals surface area contributed by atoms with Crippen LogP contribution in [0, 0.1) is 11.5 Å². The normalized spacial score (nSPS) is 9.00. The molecule has 0 heterocycles. The average Bonchev–Trinajstić information content (AvgIpc) is 2.44. The molecule has 0 aliphatic rings. The Morgan fingerprint density at radius 1 is 1.00 bits per heavy atom. The molecule has 92 valence electrons. The summed E-state index contributed by atoms with van der Waals surface area (Å²) in [5, 5.41) is 8.53. The lowest BCUT2D eigenvalue weighted by molar-refractivity contribution is 0.429. The van der Waals surface area contributed by atoms with Gasteiger partial charge in [0.2, 0.25) is 6.08 Å². The third-order valence-corrected chi connectivity index (χ3v) is 2.24. The van der Waals surface area contributed by atoms with E-state index in [-0.39, 0.29) is 0 Å². The van der Waals surface area contributed by atoms with Crippen LogP contribution in [0.25, 0.3) is 0 Å².